The molecule has 0 amide bonds. The largest absolute Gasteiger partial charge is 0.294 e. The Morgan fingerprint density at radius 1 is 1.11 bits per heavy atom. The van der Waals surface area contributed by atoms with Crippen molar-refractivity contribution in [3.05, 3.63) is 19.2 Å². The van der Waals surface area contributed by atoms with Crippen LogP contribution in [-0.4, -0.2) is 5.78 Å². The SMILES string of the molecule is O=C(c1cc(Br)sc1Br)C1CCC2CCCCC2C1. The van der Waals surface area contributed by atoms with Crippen LogP contribution in [0.1, 0.15) is 55.3 Å². The number of carbonyl (C=O) groups excluding carboxylic acids is 1. The highest BCUT2D eigenvalue weighted by Gasteiger charge is 2.35. The molecule has 1 heterocycles. The average molecular weight is 406 g/mol. The lowest BCUT2D eigenvalue weighted by atomic mass is 9.66. The summed E-state index contributed by atoms with van der Waals surface area (Å²) < 4.78 is 2.02. The minimum absolute atomic E-state index is 0.261. The number of Topliss-reactive ketones (excluding diaryl/α,β-unsaturated/α-hetero) is 1. The molecule has 3 unspecified atom stereocenters. The zero-order chi connectivity index (χ0) is 13.4. The molecular formula is C15H18Br2OS. The van der Waals surface area contributed by atoms with Gasteiger partial charge in [0.05, 0.1) is 7.57 Å². The summed E-state index contributed by atoms with van der Waals surface area (Å²) in [7, 11) is 0. The maximum absolute atomic E-state index is 12.7. The van der Waals surface area contributed by atoms with E-state index in [-0.39, 0.29) is 5.92 Å². The van der Waals surface area contributed by atoms with Gasteiger partial charge in [-0.05, 0) is 69.0 Å². The molecule has 0 bridgehead atoms. The van der Waals surface area contributed by atoms with Gasteiger partial charge in [0.25, 0.3) is 0 Å². The van der Waals surface area contributed by atoms with Crippen molar-refractivity contribution in [2.24, 2.45) is 17.8 Å². The quantitative estimate of drug-likeness (QED) is 0.546. The second-order valence-electron chi connectivity index (χ2n) is 5.92. The van der Waals surface area contributed by atoms with Crippen molar-refractivity contribution in [1.29, 1.82) is 0 Å². The van der Waals surface area contributed by atoms with Crippen LogP contribution in [0.25, 0.3) is 0 Å². The summed E-state index contributed by atoms with van der Waals surface area (Å²) in [5.41, 5.74) is 0.885. The van der Waals surface area contributed by atoms with Crippen LogP contribution in [0.2, 0.25) is 0 Å². The molecule has 1 nitrogen and oxygen atoms in total. The lowest BCUT2D eigenvalue weighted by molar-refractivity contribution is 0.0763. The molecule has 3 atom stereocenters. The maximum Gasteiger partial charge on any atom is 0.167 e. The average Bonchev–Trinajstić information content (AvgIpc) is 2.76. The first-order chi connectivity index (χ1) is 9.15. The normalized spacial score (nSPS) is 30.9. The Hall–Kier alpha value is 0.330. The molecule has 2 aliphatic carbocycles. The zero-order valence-electron chi connectivity index (χ0n) is 10.8. The number of hydrogen-bond donors (Lipinski definition) is 0. The Bertz CT molecular complexity index is 482. The van der Waals surface area contributed by atoms with Crippen LogP contribution in [0.3, 0.4) is 0 Å². The van der Waals surface area contributed by atoms with Crippen LogP contribution in [0.4, 0.5) is 0 Å². The molecule has 104 valence electrons. The highest BCUT2D eigenvalue weighted by molar-refractivity contribution is 9.12. The Labute approximate surface area is 135 Å². The third-order valence-corrected chi connectivity index (χ3v) is 7.17. The van der Waals surface area contributed by atoms with Crippen molar-refractivity contribution in [3.63, 3.8) is 0 Å². The summed E-state index contributed by atoms with van der Waals surface area (Å²) in [6.07, 6.45) is 9.02. The Balaban J connectivity index is 1.72. The van der Waals surface area contributed by atoms with E-state index in [9.17, 15) is 4.79 Å². The number of rotatable bonds is 2. The summed E-state index contributed by atoms with van der Waals surface area (Å²) in [5.74, 6) is 2.35. The molecule has 4 heteroatoms. The van der Waals surface area contributed by atoms with Gasteiger partial charge in [-0.2, -0.15) is 0 Å². The highest BCUT2D eigenvalue weighted by Crippen LogP contribution is 2.44. The van der Waals surface area contributed by atoms with Crippen molar-refractivity contribution < 1.29 is 4.79 Å². The molecule has 19 heavy (non-hydrogen) atoms. The number of thiophene rings is 1. The maximum atomic E-state index is 12.7. The van der Waals surface area contributed by atoms with Crippen LogP contribution < -0.4 is 0 Å². The van der Waals surface area contributed by atoms with E-state index >= 15 is 0 Å². The molecule has 1 aromatic heterocycles. The second-order valence-corrected chi connectivity index (χ2v) is 9.67. The lowest BCUT2D eigenvalue weighted by Gasteiger charge is -2.38. The Morgan fingerprint density at radius 3 is 2.53 bits per heavy atom. The van der Waals surface area contributed by atoms with Gasteiger partial charge in [-0.1, -0.05) is 25.7 Å². The van der Waals surface area contributed by atoms with Crippen molar-refractivity contribution in [2.45, 2.75) is 44.9 Å². The topological polar surface area (TPSA) is 17.1 Å². The smallest absolute Gasteiger partial charge is 0.167 e. The predicted molar refractivity (Wildman–Crippen MR) is 86.8 cm³/mol. The zero-order valence-corrected chi connectivity index (χ0v) is 14.8. The first-order valence-corrected chi connectivity index (χ1v) is 9.54. The summed E-state index contributed by atoms with van der Waals surface area (Å²) in [6.45, 7) is 0. The highest BCUT2D eigenvalue weighted by atomic mass is 79.9. The number of ketones is 1. The van der Waals surface area contributed by atoms with E-state index in [1.54, 1.807) is 11.3 Å². The molecule has 0 N–H and O–H groups in total. The van der Waals surface area contributed by atoms with E-state index in [2.05, 4.69) is 31.9 Å². The molecule has 0 radical (unpaired) electrons. The van der Waals surface area contributed by atoms with Gasteiger partial charge in [0.15, 0.2) is 5.78 Å². The molecular weight excluding hydrogens is 388 g/mol. The molecule has 2 fully saturated rings. The fraction of sp³-hybridized carbons (Fsp3) is 0.667. The molecule has 0 aliphatic heterocycles. The Morgan fingerprint density at radius 2 is 1.84 bits per heavy atom. The minimum atomic E-state index is 0.261. The fourth-order valence-electron chi connectivity index (χ4n) is 3.84. The second kappa shape index (κ2) is 5.98. The van der Waals surface area contributed by atoms with Gasteiger partial charge in [0.2, 0.25) is 0 Å². The third-order valence-electron chi connectivity index (χ3n) is 4.83. The monoisotopic (exact) mass is 404 g/mol. The van der Waals surface area contributed by atoms with Crippen molar-refractivity contribution in [3.8, 4) is 0 Å². The number of halogens is 2. The van der Waals surface area contributed by atoms with Crippen molar-refractivity contribution in [1.82, 2.24) is 0 Å². The summed E-state index contributed by atoms with van der Waals surface area (Å²) in [6, 6.07) is 1.98. The minimum Gasteiger partial charge on any atom is -0.294 e. The number of fused-ring (bicyclic) bond motifs is 1. The van der Waals surface area contributed by atoms with Crippen LogP contribution >= 0.6 is 43.2 Å². The van der Waals surface area contributed by atoms with Gasteiger partial charge in [-0.3, -0.25) is 4.79 Å². The van der Waals surface area contributed by atoms with E-state index in [0.717, 1.165) is 37.8 Å². The number of hydrogen-bond acceptors (Lipinski definition) is 2. The predicted octanol–water partition coefficient (Wildman–Crippen LogP) is 6.06. The van der Waals surface area contributed by atoms with Gasteiger partial charge >= 0.3 is 0 Å². The van der Waals surface area contributed by atoms with Crippen molar-refractivity contribution in [2.75, 3.05) is 0 Å². The van der Waals surface area contributed by atoms with Gasteiger partial charge in [-0.25, -0.2) is 0 Å². The summed E-state index contributed by atoms with van der Waals surface area (Å²) in [4.78, 5) is 12.7. The van der Waals surface area contributed by atoms with E-state index in [4.69, 9.17) is 0 Å². The van der Waals surface area contributed by atoms with E-state index < -0.39 is 0 Å². The van der Waals surface area contributed by atoms with Gasteiger partial charge in [-0.15, -0.1) is 11.3 Å². The van der Waals surface area contributed by atoms with E-state index in [0.29, 0.717) is 5.78 Å². The van der Waals surface area contributed by atoms with Crippen LogP contribution in [-0.2, 0) is 0 Å². The number of carbonyl (C=O) groups is 1. The van der Waals surface area contributed by atoms with E-state index in [1.807, 2.05) is 6.07 Å². The van der Waals surface area contributed by atoms with Gasteiger partial charge in [0, 0.05) is 11.5 Å². The summed E-state index contributed by atoms with van der Waals surface area (Å²) >= 11 is 8.58. The third kappa shape index (κ3) is 3.01. The molecule has 2 saturated carbocycles. The first kappa shape index (κ1) is 14.3. The first-order valence-electron chi connectivity index (χ1n) is 7.14. The van der Waals surface area contributed by atoms with Crippen LogP contribution in [0.5, 0.6) is 0 Å². The molecule has 0 spiro atoms. The van der Waals surface area contributed by atoms with Gasteiger partial charge in [0.1, 0.15) is 0 Å². The van der Waals surface area contributed by atoms with E-state index in [1.165, 1.54) is 32.1 Å². The standard InChI is InChI=1S/C15H18Br2OS/c16-13-8-12(15(17)19-13)14(18)11-6-5-9-3-1-2-4-10(9)7-11/h8-11H,1-7H2. The lowest BCUT2D eigenvalue weighted by Crippen LogP contribution is -2.31. The molecule has 0 saturated heterocycles. The molecule has 2 aliphatic rings. The summed E-state index contributed by atoms with van der Waals surface area (Å²) in [5, 5.41) is 0. The fourth-order valence-corrected chi connectivity index (χ4v) is 6.66. The Kier molecular flexibility index (Phi) is 4.50. The molecule has 1 aromatic rings. The van der Waals surface area contributed by atoms with Crippen LogP contribution in [0.15, 0.2) is 13.6 Å². The van der Waals surface area contributed by atoms with Gasteiger partial charge < -0.3 is 0 Å². The molecule has 0 aromatic carbocycles. The van der Waals surface area contributed by atoms with Crippen LogP contribution in [0, 0.1) is 17.8 Å². The van der Waals surface area contributed by atoms with Crippen molar-refractivity contribution >= 4 is 49.0 Å². The molecule has 3 rings (SSSR count).